The molecule has 0 saturated heterocycles. The van der Waals surface area contributed by atoms with E-state index >= 15 is 0 Å². The van der Waals surface area contributed by atoms with E-state index in [0.29, 0.717) is 0 Å². The first-order valence-corrected chi connectivity index (χ1v) is 7.22. The molecule has 1 rings (SSSR count). The highest BCUT2D eigenvalue weighted by atomic mass is 79.9. The smallest absolute Gasteiger partial charge is 0.223 e. The SMILES string of the molecule is CCCC(C)C(=O)NC(CBr)c1ccccc1. The zero-order valence-corrected chi connectivity index (χ0v) is 12.0. The molecule has 2 atom stereocenters. The molecule has 0 fully saturated rings. The van der Waals surface area contributed by atoms with E-state index < -0.39 is 0 Å². The zero-order chi connectivity index (χ0) is 12.7. The molecule has 0 aromatic heterocycles. The van der Waals surface area contributed by atoms with Crippen molar-refractivity contribution in [1.82, 2.24) is 5.32 Å². The maximum Gasteiger partial charge on any atom is 0.223 e. The minimum Gasteiger partial charge on any atom is -0.348 e. The second kappa shape index (κ2) is 7.49. The van der Waals surface area contributed by atoms with Gasteiger partial charge in [-0.2, -0.15) is 0 Å². The second-order valence-electron chi connectivity index (χ2n) is 4.32. The molecule has 3 heteroatoms. The predicted octanol–water partition coefficient (Wildman–Crippen LogP) is 3.68. The zero-order valence-electron chi connectivity index (χ0n) is 10.4. The molecule has 0 saturated carbocycles. The number of carbonyl (C=O) groups excluding carboxylic acids is 1. The minimum absolute atomic E-state index is 0.0583. The molecule has 0 aliphatic carbocycles. The number of amides is 1. The summed E-state index contributed by atoms with van der Waals surface area (Å²) in [6.07, 6.45) is 1.98. The summed E-state index contributed by atoms with van der Waals surface area (Å²) in [7, 11) is 0. The number of hydrogen-bond acceptors (Lipinski definition) is 1. The van der Waals surface area contributed by atoms with Crippen LogP contribution in [-0.2, 0) is 4.79 Å². The Labute approximate surface area is 112 Å². The van der Waals surface area contributed by atoms with E-state index in [-0.39, 0.29) is 17.9 Å². The quantitative estimate of drug-likeness (QED) is 0.798. The third-order valence-corrected chi connectivity index (χ3v) is 3.49. The molecular weight excluding hydrogens is 278 g/mol. The molecule has 0 aliphatic heterocycles. The summed E-state index contributed by atoms with van der Waals surface area (Å²) in [5, 5.41) is 3.82. The highest BCUT2D eigenvalue weighted by Crippen LogP contribution is 2.16. The van der Waals surface area contributed by atoms with Crippen molar-refractivity contribution >= 4 is 21.8 Å². The van der Waals surface area contributed by atoms with E-state index in [9.17, 15) is 4.79 Å². The molecule has 2 nitrogen and oxygen atoms in total. The lowest BCUT2D eigenvalue weighted by Gasteiger charge is -2.19. The number of hydrogen-bond donors (Lipinski definition) is 1. The summed E-state index contributed by atoms with van der Waals surface area (Å²) in [5.74, 6) is 0.227. The van der Waals surface area contributed by atoms with Gasteiger partial charge in [-0.3, -0.25) is 4.79 Å². The third kappa shape index (κ3) is 4.50. The topological polar surface area (TPSA) is 29.1 Å². The van der Waals surface area contributed by atoms with Crippen LogP contribution < -0.4 is 5.32 Å². The molecule has 2 unspecified atom stereocenters. The summed E-state index contributed by atoms with van der Waals surface area (Å²) in [5.41, 5.74) is 1.14. The Morgan fingerprint density at radius 3 is 2.53 bits per heavy atom. The van der Waals surface area contributed by atoms with Gasteiger partial charge in [-0.25, -0.2) is 0 Å². The first kappa shape index (κ1) is 14.2. The highest BCUT2D eigenvalue weighted by molar-refractivity contribution is 9.09. The Bertz CT molecular complexity index is 339. The molecular formula is C14H20BrNO. The van der Waals surface area contributed by atoms with Crippen LogP contribution in [0.1, 0.15) is 38.3 Å². The largest absolute Gasteiger partial charge is 0.348 e. The number of alkyl halides is 1. The Morgan fingerprint density at radius 2 is 2.00 bits per heavy atom. The molecule has 0 bridgehead atoms. The van der Waals surface area contributed by atoms with Gasteiger partial charge in [-0.05, 0) is 12.0 Å². The van der Waals surface area contributed by atoms with Crippen LogP contribution in [0.25, 0.3) is 0 Å². The first-order chi connectivity index (χ1) is 8.19. The van der Waals surface area contributed by atoms with Crippen molar-refractivity contribution in [2.75, 3.05) is 5.33 Å². The number of carbonyl (C=O) groups is 1. The Balaban J connectivity index is 2.62. The molecule has 94 valence electrons. The number of rotatable bonds is 6. The van der Waals surface area contributed by atoms with E-state index in [2.05, 4.69) is 28.2 Å². The van der Waals surface area contributed by atoms with Crippen LogP contribution in [0, 0.1) is 5.92 Å². The summed E-state index contributed by atoms with van der Waals surface area (Å²) < 4.78 is 0. The van der Waals surface area contributed by atoms with E-state index in [0.717, 1.165) is 23.7 Å². The monoisotopic (exact) mass is 297 g/mol. The van der Waals surface area contributed by atoms with E-state index in [1.165, 1.54) is 0 Å². The molecule has 1 amide bonds. The van der Waals surface area contributed by atoms with E-state index in [4.69, 9.17) is 0 Å². The maximum absolute atomic E-state index is 11.9. The predicted molar refractivity (Wildman–Crippen MR) is 75.2 cm³/mol. The molecule has 0 heterocycles. The fourth-order valence-corrected chi connectivity index (χ4v) is 2.31. The van der Waals surface area contributed by atoms with Crippen molar-refractivity contribution in [1.29, 1.82) is 0 Å². The van der Waals surface area contributed by atoms with Crippen LogP contribution in [0.2, 0.25) is 0 Å². The van der Waals surface area contributed by atoms with Crippen molar-refractivity contribution in [3.63, 3.8) is 0 Å². The molecule has 1 aromatic carbocycles. The lowest BCUT2D eigenvalue weighted by Crippen LogP contribution is -2.33. The van der Waals surface area contributed by atoms with Gasteiger partial charge in [0, 0.05) is 11.2 Å². The van der Waals surface area contributed by atoms with Gasteiger partial charge in [0.05, 0.1) is 6.04 Å². The molecule has 0 radical (unpaired) electrons. The summed E-state index contributed by atoms with van der Waals surface area (Å²) >= 11 is 3.45. The summed E-state index contributed by atoms with van der Waals surface area (Å²) in [4.78, 5) is 11.9. The van der Waals surface area contributed by atoms with Gasteiger partial charge in [-0.15, -0.1) is 0 Å². The lowest BCUT2D eigenvalue weighted by molar-refractivity contribution is -0.125. The highest BCUT2D eigenvalue weighted by Gasteiger charge is 2.17. The van der Waals surface area contributed by atoms with Gasteiger partial charge in [0.25, 0.3) is 0 Å². The van der Waals surface area contributed by atoms with Gasteiger partial charge >= 0.3 is 0 Å². The first-order valence-electron chi connectivity index (χ1n) is 6.10. The van der Waals surface area contributed by atoms with Crippen molar-refractivity contribution < 1.29 is 4.79 Å². The van der Waals surface area contributed by atoms with Crippen LogP contribution in [0.3, 0.4) is 0 Å². The third-order valence-electron chi connectivity index (χ3n) is 2.84. The molecule has 0 aliphatic rings. The standard InChI is InChI=1S/C14H20BrNO/c1-3-7-11(2)14(17)16-13(10-15)12-8-5-4-6-9-12/h4-6,8-9,11,13H,3,7,10H2,1-2H3,(H,16,17). The lowest BCUT2D eigenvalue weighted by atomic mass is 10.0. The van der Waals surface area contributed by atoms with Gasteiger partial charge in [0.2, 0.25) is 5.91 Å². The van der Waals surface area contributed by atoms with Crippen molar-refractivity contribution in [3.8, 4) is 0 Å². The van der Waals surface area contributed by atoms with Crippen molar-refractivity contribution in [2.24, 2.45) is 5.92 Å². The molecule has 17 heavy (non-hydrogen) atoms. The van der Waals surface area contributed by atoms with Crippen molar-refractivity contribution in [3.05, 3.63) is 35.9 Å². The van der Waals surface area contributed by atoms with Crippen LogP contribution in [0.4, 0.5) is 0 Å². The number of benzene rings is 1. The number of halogens is 1. The average molecular weight is 298 g/mol. The summed E-state index contributed by atoms with van der Waals surface area (Å²) in [6, 6.07) is 10.1. The molecule has 1 aromatic rings. The van der Waals surface area contributed by atoms with Crippen LogP contribution >= 0.6 is 15.9 Å². The Hall–Kier alpha value is -0.830. The fourth-order valence-electron chi connectivity index (χ4n) is 1.77. The fraction of sp³-hybridized carbons (Fsp3) is 0.500. The van der Waals surface area contributed by atoms with E-state index in [1.807, 2.05) is 37.3 Å². The van der Waals surface area contributed by atoms with Crippen LogP contribution in [0.15, 0.2) is 30.3 Å². The molecule has 0 spiro atoms. The Kier molecular flexibility index (Phi) is 6.27. The maximum atomic E-state index is 11.9. The number of nitrogens with one attached hydrogen (secondary N) is 1. The van der Waals surface area contributed by atoms with E-state index in [1.54, 1.807) is 0 Å². The van der Waals surface area contributed by atoms with Gasteiger partial charge in [-0.1, -0.05) is 66.5 Å². The van der Waals surface area contributed by atoms with Gasteiger partial charge in [0.15, 0.2) is 0 Å². The summed E-state index contributed by atoms with van der Waals surface area (Å²) in [6.45, 7) is 4.08. The Morgan fingerprint density at radius 1 is 1.35 bits per heavy atom. The van der Waals surface area contributed by atoms with Gasteiger partial charge in [0.1, 0.15) is 0 Å². The minimum atomic E-state index is 0.0583. The van der Waals surface area contributed by atoms with Crippen LogP contribution in [0.5, 0.6) is 0 Å². The van der Waals surface area contributed by atoms with Crippen molar-refractivity contribution in [2.45, 2.75) is 32.7 Å². The normalized spacial score (nSPS) is 14.1. The van der Waals surface area contributed by atoms with Gasteiger partial charge < -0.3 is 5.32 Å². The molecule has 1 N–H and O–H groups in total. The average Bonchev–Trinajstić information content (AvgIpc) is 2.37. The van der Waals surface area contributed by atoms with Crippen LogP contribution in [-0.4, -0.2) is 11.2 Å². The second-order valence-corrected chi connectivity index (χ2v) is 4.96.